The number of carbonyl (C=O) groups is 2. The molecular weight excluding hydrogens is 252 g/mol. The van der Waals surface area contributed by atoms with E-state index in [1.54, 1.807) is 4.90 Å². The summed E-state index contributed by atoms with van der Waals surface area (Å²) in [7, 11) is 0. The van der Waals surface area contributed by atoms with Crippen molar-refractivity contribution in [3.05, 3.63) is 0 Å². The van der Waals surface area contributed by atoms with Gasteiger partial charge in [0.1, 0.15) is 0 Å². The zero-order valence-electron chi connectivity index (χ0n) is 11.0. The zero-order valence-corrected chi connectivity index (χ0v) is 11.9. The second-order valence-corrected chi connectivity index (χ2v) is 5.28. The molecular formula is C12H22N2O3S. The molecule has 1 atom stereocenters. The van der Waals surface area contributed by atoms with Crippen LogP contribution in [-0.4, -0.2) is 54.8 Å². The van der Waals surface area contributed by atoms with Crippen LogP contribution in [0.2, 0.25) is 0 Å². The van der Waals surface area contributed by atoms with Gasteiger partial charge in [0.2, 0.25) is 11.8 Å². The van der Waals surface area contributed by atoms with Crippen molar-refractivity contribution in [3.8, 4) is 0 Å². The number of hydrogen-bond donors (Lipinski definition) is 2. The molecule has 0 radical (unpaired) electrons. The molecule has 1 fully saturated rings. The van der Waals surface area contributed by atoms with Crippen LogP contribution in [0.4, 0.5) is 0 Å². The van der Waals surface area contributed by atoms with E-state index in [2.05, 4.69) is 17.9 Å². The maximum absolute atomic E-state index is 11.8. The second kappa shape index (κ2) is 7.63. The highest BCUT2D eigenvalue weighted by molar-refractivity contribution is 7.81. The number of hydrogen-bond acceptors (Lipinski definition) is 4. The number of thiol groups is 1. The van der Waals surface area contributed by atoms with Gasteiger partial charge < -0.3 is 15.0 Å². The number of nitrogens with zero attached hydrogens (tertiary/aromatic N) is 1. The lowest BCUT2D eigenvalue weighted by Gasteiger charge is -2.27. The third-order valence-electron chi connectivity index (χ3n) is 2.90. The van der Waals surface area contributed by atoms with Gasteiger partial charge in [0.05, 0.1) is 18.5 Å². The molecule has 1 saturated heterocycles. The minimum atomic E-state index is -0.316. The third-order valence-corrected chi connectivity index (χ3v) is 3.73. The summed E-state index contributed by atoms with van der Waals surface area (Å²) in [6, 6.07) is 0. The Morgan fingerprint density at radius 1 is 1.33 bits per heavy atom. The van der Waals surface area contributed by atoms with E-state index in [9.17, 15) is 9.59 Å². The lowest BCUT2D eigenvalue weighted by Crippen LogP contribution is -2.42. The Hall–Kier alpha value is -0.750. The summed E-state index contributed by atoms with van der Waals surface area (Å²) in [5.74, 6) is 0.144. The molecule has 1 N–H and O–H groups in total. The smallest absolute Gasteiger partial charge is 0.233 e. The fourth-order valence-electron chi connectivity index (χ4n) is 1.67. The third kappa shape index (κ3) is 4.86. The molecule has 5 nitrogen and oxygen atoms in total. The van der Waals surface area contributed by atoms with E-state index in [1.807, 2.05) is 13.8 Å². The van der Waals surface area contributed by atoms with Crippen molar-refractivity contribution in [2.24, 2.45) is 5.92 Å². The predicted octanol–water partition coefficient (Wildman–Crippen LogP) is 0.306. The number of amides is 2. The molecule has 0 spiro atoms. The van der Waals surface area contributed by atoms with Crippen LogP contribution in [-0.2, 0) is 14.3 Å². The first-order valence-electron chi connectivity index (χ1n) is 6.33. The molecule has 0 aromatic carbocycles. The van der Waals surface area contributed by atoms with Crippen LogP contribution in [0.25, 0.3) is 0 Å². The predicted molar refractivity (Wildman–Crippen MR) is 72.6 cm³/mol. The van der Waals surface area contributed by atoms with Gasteiger partial charge in [-0.05, 0) is 5.92 Å². The number of ether oxygens (including phenoxy) is 1. The van der Waals surface area contributed by atoms with Crippen LogP contribution < -0.4 is 5.32 Å². The Balaban J connectivity index is 2.20. The summed E-state index contributed by atoms with van der Waals surface area (Å²) in [5.41, 5.74) is 0. The first kappa shape index (κ1) is 15.3. The molecule has 1 aliphatic rings. The number of carbonyl (C=O) groups excluding carboxylic acids is 2. The van der Waals surface area contributed by atoms with E-state index in [4.69, 9.17) is 4.74 Å². The van der Waals surface area contributed by atoms with E-state index in [-0.39, 0.29) is 23.0 Å². The molecule has 1 unspecified atom stereocenters. The van der Waals surface area contributed by atoms with Crippen LogP contribution in [0.5, 0.6) is 0 Å². The van der Waals surface area contributed by atoms with Crippen LogP contribution in [0.3, 0.4) is 0 Å². The summed E-state index contributed by atoms with van der Waals surface area (Å²) < 4.78 is 5.18. The van der Waals surface area contributed by atoms with Crippen LogP contribution in [0.1, 0.15) is 20.3 Å². The van der Waals surface area contributed by atoms with Gasteiger partial charge in [-0.3, -0.25) is 9.59 Å². The summed E-state index contributed by atoms with van der Waals surface area (Å²) in [4.78, 5) is 25.2. The Kier molecular flexibility index (Phi) is 6.49. The molecule has 0 bridgehead atoms. The Morgan fingerprint density at radius 3 is 2.50 bits per heavy atom. The molecule has 0 aliphatic carbocycles. The van der Waals surface area contributed by atoms with Gasteiger partial charge in [0, 0.05) is 26.1 Å². The van der Waals surface area contributed by atoms with Crippen molar-refractivity contribution in [2.75, 3.05) is 32.8 Å². The van der Waals surface area contributed by atoms with Gasteiger partial charge >= 0.3 is 0 Å². The summed E-state index contributed by atoms with van der Waals surface area (Å²) >= 11 is 4.22. The molecule has 1 aliphatic heterocycles. The van der Waals surface area contributed by atoms with Crippen molar-refractivity contribution >= 4 is 24.4 Å². The van der Waals surface area contributed by atoms with Gasteiger partial charge in [-0.1, -0.05) is 13.8 Å². The molecule has 0 aromatic heterocycles. The Morgan fingerprint density at radius 2 is 1.94 bits per heavy atom. The highest BCUT2D eigenvalue weighted by Crippen LogP contribution is 2.08. The fourth-order valence-corrected chi connectivity index (χ4v) is 1.76. The zero-order chi connectivity index (χ0) is 13.5. The lowest BCUT2D eigenvalue weighted by molar-refractivity contribution is -0.135. The van der Waals surface area contributed by atoms with E-state index in [0.717, 1.165) is 0 Å². The first-order chi connectivity index (χ1) is 8.52. The SMILES string of the molecule is CC(C)C(S)C(=O)NCCC(=O)N1CCOCC1. The molecule has 6 heteroatoms. The Bertz CT molecular complexity index is 291. The molecule has 0 aromatic rings. The van der Waals surface area contributed by atoms with E-state index in [0.29, 0.717) is 39.3 Å². The molecule has 18 heavy (non-hydrogen) atoms. The quantitative estimate of drug-likeness (QED) is 0.709. The Labute approximate surface area is 114 Å². The van der Waals surface area contributed by atoms with E-state index < -0.39 is 0 Å². The van der Waals surface area contributed by atoms with Gasteiger partial charge in [-0.25, -0.2) is 0 Å². The summed E-state index contributed by atoms with van der Waals surface area (Å²) in [6.45, 7) is 6.75. The second-order valence-electron chi connectivity index (χ2n) is 4.72. The standard InChI is InChI=1S/C12H22N2O3S/c1-9(2)11(18)12(16)13-4-3-10(15)14-5-7-17-8-6-14/h9,11,18H,3-8H2,1-2H3,(H,13,16). The molecule has 0 saturated carbocycles. The maximum atomic E-state index is 11.8. The highest BCUT2D eigenvalue weighted by Gasteiger charge is 2.19. The molecule has 104 valence electrons. The maximum Gasteiger partial charge on any atom is 0.233 e. The molecule has 1 heterocycles. The van der Waals surface area contributed by atoms with Crippen molar-refractivity contribution in [1.82, 2.24) is 10.2 Å². The topological polar surface area (TPSA) is 58.6 Å². The van der Waals surface area contributed by atoms with E-state index in [1.165, 1.54) is 0 Å². The summed E-state index contributed by atoms with van der Waals surface area (Å²) in [5, 5.41) is 2.42. The molecule has 2 amide bonds. The van der Waals surface area contributed by atoms with Crippen molar-refractivity contribution in [2.45, 2.75) is 25.5 Å². The monoisotopic (exact) mass is 274 g/mol. The first-order valence-corrected chi connectivity index (χ1v) is 6.85. The van der Waals surface area contributed by atoms with Crippen molar-refractivity contribution < 1.29 is 14.3 Å². The number of morpholine rings is 1. The largest absolute Gasteiger partial charge is 0.378 e. The average Bonchev–Trinajstić information content (AvgIpc) is 2.38. The number of nitrogens with one attached hydrogen (secondary N) is 1. The van der Waals surface area contributed by atoms with Crippen molar-refractivity contribution in [1.29, 1.82) is 0 Å². The highest BCUT2D eigenvalue weighted by atomic mass is 32.1. The van der Waals surface area contributed by atoms with Gasteiger partial charge in [0.15, 0.2) is 0 Å². The fraction of sp³-hybridized carbons (Fsp3) is 0.833. The van der Waals surface area contributed by atoms with Crippen LogP contribution in [0, 0.1) is 5.92 Å². The minimum Gasteiger partial charge on any atom is -0.378 e. The van der Waals surface area contributed by atoms with Gasteiger partial charge in [0.25, 0.3) is 0 Å². The summed E-state index contributed by atoms with van der Waals surface area (Å²) in [6.07, 6.45) is 0.338. The lowest BCUT2D eigenvalue weighted by atomic mass is 10.1. The molecule has 1 rings (SSSR count). The van der Waals surface area contributed by atoms with Crippen LogP contribution in [0.15, 0.2) is 0 Å². The van der Waals surface area contributed by atoms with Gasteiger partial charge in [-0.2, -0.15) is 12.6 Å². The average molecular weight is 274 g/mol. The van der Waals surface area contributed by atoms with Gasteiger partial charge in [-0.15, -0.1) is 0 Å². The van der Waals surface area contributed by atoms with Crippen LogP contribution >= 0.6 is 12.6 Å². The number of rotatable bonds is 5. The minimum absolute atomic E-state index is 0.0684. The van der Waals surface area contributed by atoms with Crippen molar-refractivity contribution in [3.63, 3.8) is 0 Å². The normalized spacial score (nSPS) is 17.7. The van der Waals surface area contributed by atoms with E-state index >= 15 is 0 Å².